The maximum atomic E-state index is 8.84. The molecule has 1 radical (unpaired) electrons. The standard InChI is InChI=1S/C28H24NO.C21H22NSi.Ir/c1-3-19(4-2)22-15-16-29-26(17-22)25-12-8-11-24-23-14-13-21(18-27(23)30-28(24)25)20-9-6-5-7-10-20;1-23(2,3)21-16-22-20(18-12-8-5-9-13-18)15-19(21)14-17-10-6-4-7-11-17;/h5-11,13-19H,3-4H2,1-2H3;4-12,15-16H,14H2,1-3H3;/q2*-1;/i19D;14D2;. The van der Waals surface area contributed by atoms with E-state index in [1.54, 1.807) is 6.20 Å². The van der Waals surface area contributed by atoms with Crippen molar-refractivity contribution in [1.29, 1.82) is 0 Å². The van der Waals surface area contributed by atoms with E-state index in [4.69, 9.17) is 8.53 Å². The first-order valence-electron chi connectivity index (χ1n) is 19.9. The number of nitrogens with zero attached hydrogens (tertiary/aromatic N) is 2. The number of rotatable bonds is 9. The Balaban J connectivity index is 0.000000194. The predicted molar refractivity (Wildman–Crippen MR) is 225 cm³/mol. The first-order chi connectivity index (χ1) is 26.9. The Morgan fingerprint density at radius 3 is 2.17 bits per heavy atom. The number of hydrogen-bond acceptors (Lipinski definition) is 3. The predicted octanol–water partition coefficient (Wildman–Crippen LogP) is 12.7. The molecule has 3 nitrogen and oxygen atoms in total. The third-order valence-electron chi connectivity index (χ3n) is 9.57. The molecule has 0 saturated carbocycles. The smallest absolute Gasteiger partial charge is 0.121 e. The molecule has 0 aliphatic carbocycles. The van der Waals surface area contributed by atoms with E-state index in [0.717, 1.165) is 84.7 Å². The molecule has 54 heavy (non-hydrogen) atoms. The third-order valence-corrected chi connectivity index (χ3v) is 11.6. The molecule has 0 amide bonds. The monoisotopic (exact) mass is 902 g/mol. The van der Waals surface area contributed by atoms with Gasteiger partial charge in [0, 0.05) is 42.0 Å². The van der Waals surface area contributed by atoms with Gasteiger partial charge < -0.3 is 14.4 Å². The fraction of sp³-hybridized carbons (Fsp3) is 0.184. The van der Waals surface area contributed by atoms with E-state index in [1.807, 2.05) is 109 Å². The quantitative estimate of drug-likeness (QED) is 0.107. The van der Waals surface area contributed by atoms with E-state index in [-0.39, 0.29) is 20.1 Å². The molecule has 3 aromatic heterocycles. The van der Waals surface area contributed by atoms with Crippen LogP contribution in [0.4, 0.5) is 0 Å². The van der Waals surface area contributed by atoms with E-state index < -0.39 is 20.3 Å². The first kappa shape index (κ1) is 34.8. The number of furan rings is 1. The summed E-state index contributed by atoms with van der Waals surface area (Å²) in [5.41, 5.74) is 9.59. The topological polar surface area (TPSA) is 38.9 Å². The minimum absolute atomic E-state index is 0. The average Bonchev–Trinajstić information content (AvgIpc) is 3.62. The van der Waals surface area contributed by atoms with Gasteiger partial charge in [0.05, 0.1) is 13.7 Å². The third kappa shape index (κ3) is 8.71. The molecule has 0 aliphatic rings. The summed E-state index contributed by atoms with van der Waals surface area (Å²) in [5, 5.41) is 3.19. The molecular weight excluding hydrogens is 853 g/mol. The van der Waals surface area contributed by atoms with Crippen LogP contribution in [0, 0.1) is 12.1 Å². The number of hydrogen-bond donors (Lipinski definition) is 0. The molecule has 0 N–H and O–H groups in total. The van der Waals surface area contributed by atoms with Crippen LogP contribution in [0.5, 0.6) is 0 Å². The van der Waals surface area contributed by atoms with Crippen LogP contribution in [0.25, 0.3) is 55.6 Å². The Kier molecular flexibility index (Phi) is 11.3. The van der Waals surface area contributed by atoms with Gasteiger partial charge in [-0.1, -0.05) is 140 Å². The van der Waals surface area contributed by atoms with Crippen LogP contribution < -0.4 is 5.19 Å². The zero-order valence-corrected chi connectivity index (χ0v) is 34.8. The summed E-state index contributed by atoms with van der Waals surface area (Å²) in [7, 11) is -1.76. The second-order valence-electron chi connectivity index (χ2n) is 14.1. The zero-order valence-electron chi connectivity index (χ0n) is 34.4. The molecule has 0 spiro atoms. The number of benzene rings is 5. The van der Waals surface area contributed by atoms with Gasteiger partial charge in [0.25, 0.3) is 0 Å². The van der Waals surface area contributed by atoms with Crippen molar-refractivity contribution in [3.05, 3.63) is 175 Å². The van der Waals surface area contributed by atoms with Crippen molar-refractivity contribution in [2.75, 3.05) is 0 Å². The van der Waals surface area contributed by atoms with Crippen molar-refractivity contribution in [2.45, 2.75) is 58.6 Å². The second kappa shape index (κ2) is 17.5. The van der Waals surface area contributed by atoms with E-state index in [1.165, 1.54) is 0 Å². The molecule has 3 heterocycles. The maximum absolute atomic E-state index is 8.84. The Bertz CT molecular complexity index is 2590. The molecule has 0 bridgehead atoms. The van der Waals surface area contributed by atoms with Crippen LogP contribution in [0.1, 0.15) is 53.4 Å². The van der Waals surface area contributed by atoms with Crippen LogP contribution in [-0.2, 0) is 26.5 Å². The Labute approximate surface area is 339 Å². The van der Waals surface area contributed by atoms with E-state index in [9.17, 15) is 0 Å². The summed E-state index contributed by atoms with van der Waals surface area (Å²) < 4.78 is 32.9. The normalized spacial score (nSPS) is 12.6. The molecule has 8 aromatic rings. The molecule has 5 heteroatoms. The minimum Gasteiger partial charge on any atom is -0.501 e. The van der Waals surface area contributed by atoms with Crippen molar-refractivity contribution in [2.24, 2.45) is 0 Å². The summed E-state index contributed by atoms with van der Waals surface area (Å²) in [6.07, 6.45) is 3.62. The van der Waals surface area contributed by atoms with Crippen LogP contribution in [-0.4, -0.2) is 18.0 Å². The van der Waals surface area contributed by atoms with Gasteiger partial charge in [-0.15, -0.1) is 54.1 Å². The molecule has 0 atom stereocenters. The molecule has 273 valence electrons. The average molecular weight is 902 g/mol. The van der Waals surface area contributed by atoms with Gasteiger partial charge in [-0.25, -0.2) is 0 Å². The van der Waals surface area contributed by atoms with Crippen molar-refractivity contribution in [3.63, 3.8) is 0 Å². The molecule has 5 aromatic carbocycles. The van der Waals surface area contributed by atoms with E-state index in [2.05, 4.69) is 85.9 Å². The fourth-order valence-electron chi connectivity index (χ4n) is 6.72. The zero-order chi connectivity index (χ0) is 39.5. The van der Waals surface area contributed by atoms with Crippen molar-refractivity contribution < 1.29 is 28.6 Å². The van der Waals surface area contributed by atoms with Gasteiger partial charge in [-0.2, -0.15) is 0 Å². The summed E-state index contributed by atoms with van der Waals surface area (Å²) >= 11 is 0. The van der Waals surface area contributed by atoms with Crippen LogP contribution in [0.15, 0.2) is 150 Å². The van der Waals surface area contributed by atoms with Crippen LogP contribution in [0.3, 0.4) is 0 Å². The maximum Gasteiger partial charge on any atom is 0.121 e. The van der Waals surface area contributed by atoms with Gasteiger partial charge in [-0.05, 0) is 70.5 Å². The SMILES string of the molecule is [2H]C(CC)(CC)c1ccnc(-c2[c-]ccc3c2oc2cc(-c4ccccc4)ccc23)c1.[2H]C([2H])(c1ccccc1)c1cc(-c2[c-]cccc2)ncc1[Si](C)(C)C.[Ir]. The van der Waals surface area contributed by atoms with Crippen molar-refractivity contribution in [1.82, 2.24) is 9.97 Å². The summed E-state index contributed by atoms with van der Waals surface area (Å²) in [6.45, 7) is 10.8. The van der Waals surface area contributed by atoms with Crippen molar-refractivity contribution in [3.8, 4) is 33.6 Å². The molecule has 0 aliphatic heterocycles. The van der Waals surface area contributed by atoms with Crippen molar-refractivity contribution >= 4 is 35.2 Å². The van der Waals surface area contributed by atoms with Gasteiger partial charge in [-0.3, -0.25) is 0 Å². The molecule has 0 fully saturated rings. The Morgan fingerprint density at radius 2 is 1.46 bits per heavy atom. The number of aromatic nitrogens is 2. The van der Waals surface area contributed by atoms with E-state index >= 15 is 0 Å². The largest absolute Gasteiger partial charge is 0.501 e. The molecular formula is C49H46IrN2OSi-2. The summed E-state index contributed by atoms with van der Waals surface area (Å²) in [5.74, 6) is -0.607. The van der Waals surface area contributed by atoms with Crippen LogP contribution >= 0.6 is 0 Å². The molecule has 8 rings (SSSR count). The Hall–Kier alpha value is -4.93. The Morgan fingerprint density at radius 1 is 0.722 bits per heavy atom. The van der Waals surface area contributed by atoms with Crippen LogP contribution in [0.2, 0.25) is 19.6 Å². The van der Waals surface area contributed by atoms with Gasteiger partial charge in [0.15, 0.2) is 0 Å². The van der Waals surface area contributed by atoms with E-state index in [0.29, 0.717) is 5.56 Å². The fourth-order valence-corrected chi connectivity index (χ4v) is 8.12. The summed E-state index contributed by atoms with van der Waals surface area (Å²) in [4.78, 5) is 9.22. The second-order valence-corrected chi connectivity index (χ2v) is 19.2. The number of fused-ring (bicyclic) bond motifs is 3. The first-order valence-corrected chi connectivity index (χ1v) is 21.9. The molecule has 0 unspecified atom stereocenters. The van der Waals surface area contributed by atoms with Gasteiger partial charge in [0.2, 0.25) is 0 Å². The minimum atomic E-state index is -1.76. The van der Waals surface area contributed by atoms with Gasteiger partial charge >= 0.3 is 0 Å². The number of pyridine rings is 2. The van der Waals surface area contributed by atoms with Gasteiger partial charge in [0.1, 0.15) is 5.58 Å². The molecule has 0 saturated heterocycles. The summed E-state index contributed by atoms with van der Waals surface area (Å²) in [6, 6.07) is 50.1.